The molecule has 0 aliphatic rings. The maximum atomic E-state index is 11.8. The molecular weight excluding hydrogens is 262 g/mol. The molecule has 3 N–H and O–H groups in total. The van der Waals surface area contributed by atoms with E-state index in [0.29, 0.717) is 5.56 Å². The lowest BCUT2D eigenvalue weighted by atomic mass is 10.1. The first kappa shape index (κ1) is 15.1. The predicted octanol–water partition coefficient (Wildman–Crippen LogP) is 1.29. The van der Waals surface area contributed by atoms with E-state index in [1.807, 2.05) is 19.1 Å². The Morgan fingerprint density at radius 1 is 1.16 bits per heavy atom. The number of nitrogens with one attached hydrogen (secondary N) is 3. The molecule has 1 rings (SSSR count). The van der Waals surface area contributed by atoms with Gasteiger partial charge in [-0.2, -0.15) is 0 Å². The highest BCUT2D eigenvalue weighted by Gasteiger charge is 2.11. The minimum atomic E-state index is -0.306. The van der Waals surface area contributed by atoms with Crippen LogP contribution in [0, 0.1) is 12.8 Å². The minimum Gasteiger partial charge on any atom is -0.302 e. The number of carbonyl (C=O) groups excluding carboxylic acids is 2. The van der Waals surface area contributed by atoms with E-state index in [1.54, 1.807) is 26.0 Å². The predicted molar refractivity (Wildman–Crippen MR) is 77.4 cm³/mol. The molecule has 0 aliphatic carbocycles. The van der Waals surface area contributed by atoms with Crippen molar-refractivity contribution in [2.75, 3.05) is 0 Å². The molecule has 0 heterocycles. The van der Waals surface area contributed by atoms with Gasteiger partial charge >= 0.3 is 0 Å². The second-order valence-corrected chi connectivity index (χ2v) is 4.78. The van der Waals surface area contributed by atoms with Crippen molar-refractivity contribution in [2.45, 2.75) is 20.8 Å². The highest BCUT2D eigenvalue weighted by molar-refractivity contribution is 7.80. The quantitative estimate of drug-likeness (QED) is 0.563. The number of rotatable bonds is 2. The Balaban J connectivity index is 2.49. The van der Waals surface area contributed by atoms with Crippen molar-refractivity contribution in [2.24, 2.45) is 5.92 Å². The monoisotopic (exact) mass is 279 g/mol. The number of carbonyl (C=O) groups is 2. The van der Waals surface area contributed by atoms with Gasteiger partial charge in [-0.05, 0) is 30.8 Å². The van der Waals surface area contributed by atoms with Gasteiger partial charge in [0, 0.05) is 11.5 Å². The zero-order valence-corrected chi connectivity index (χ0v) is 11.9. The van der Waals surface area contributed by atoms with Gasteiger partial charge in [0.15, 0.2) is 5.11 Å². The van der Waals surface area contributed by atoms with Crippen molar-refractivity contribution in [3.05, 3.63) is 35.4 Å². The lowest BCUT2D eigenvalue weighted by Gasteiger charge is -2.12. The van der Waals surface area contributed by atoms with Crippen molar-refractivity contribution in [3.63, 3.8) is 0 Å². The topological polar surface area (TPSA) is 70.2 Å². The summed E-state index contributed by atoms with van der Waals surface area (Å²) in [6.07, 6.45) is 0. The number of hydrazine groups is 1. The molecule has 0 bridgehead atoms. The van der Waals surface area contributed by atoms with Gasteiger partial charge < -0.3 is 5.32 Å². The molecule has 0 fully saturated rings. The maximum absolute atomic E-state index is 11.8. The molecule has 2 amide bonds. The number of thiocarbonyl (C=S) groups is 1. The first-order chi connectivity index (χ1) is 8.91. The highest BCUT2D eigenvalue weighted by Crippen LogP contribution is 2.05. The van der Waals surface area contributed by atoms with Crippen LogP contribution in [0.4, 0.5) is 0 Å². The Morgan fingerprint density at radius 2 is 1.79 bits per heavy atom. The molecule has 0 aliphatic heterocycles. The van der Waals surface area contributed by atoms with Crippen LogP contribution in [-0.4, -0.2) is 16.9 Å². The van der Waals surface area contributed by atoms with Crippen LogP contribution in [0.1, 0.15) is 29.8 Å². The molecule has 0 atom stereocenters. The number of hydrogen-bond acceptors (Lipinski definition) is 3. The molecule has 0 spiro atoms. The molecule has 5 nitrogen and oxygen atoms in total. The zero-order chi connectivity index (χ0) is 14.4. The summed E-state index contributed by atoms with van der Waals surface area (Å²) in [5.41, 5.74) is 6.34. The maximum Gasteiger partial charge on any atom is 0.269 e. The van der Waals surface area contributed by atoms with Crippen LogP contribution in [0.3, 0.4) is 0 Å². The second kappa shape index (κ2) is 6.84. The summed E-state index contributed by atoms with van der Waals surface area (Å²) in [4.78, 5) is 23.2. The Morgan fingerprint density at radius 3 is 2.37 bits per heavy atom. The van der Waals surface area contributed by atoms with Crippen molar-refractivity contribution < 1.29 is 9.59 Å². The zero-order valence-electron chi connectivity index (χ0n) is 11.1. The van der Waals surface area contributed by atoms with Gasteiger partial charge in [-0.25, -0.2) is 0 Å². The van der Waals surface area contributed by atoms with Crippen molar-refractivity contribution >= 4 is 29.1 Å². The lowest BCUT2D eigenvalue weighted by molar-refractivity contribution is -0.122. The van der Waals surface area contributed by atoms with Gasteiger partial charge in [-0.3, -0.25) is 20.4 Å². The fourth-order valence-electron chi connectivity index (χ4n) is 1.30. The fraction of sp³-hybridized carbons (Fsp3) is 0.308. The highest BCUT2D eigenvalue weighted by atomic mass is 32.1. The first-order valence-electron chi connectivity index (χ1n) is 5.88. The summed E-state index contributed by atoms with van der Waals surface area (Å²) in [5, 5.41) is 2.54. The van der Waals surface area contributed by atoms with Crippen LogP contribution in [0.15, 0.2) is 24.3 Å². The molecular formula is C13H17N3O2S. The third-order valence-corrected chi connectivity index (χ3v) is 2.64. The van der Waals surface area contributed by atoms with E-state index in [4.69, 9.17) is 12.2 Å². The normalized spacial score (nSPS) is 9.89. The Bertz CT molecular complexity index is 500. The summed E-state index contributed by atoms with van der Waals surface area (Å²) in [5.74, 6) is -0.686. The van der Waals surface area contributed by atoms with E-state index in [0.717, 1.165) is 5.56 Å². The summed E-state index contributed by atoms with van der Waals surface area (Å²) < 4.78 is 0. The third-order valence-electron chi connectivity index (χ3n) is 2.44. The number of benzene rings is 1. The molecule has 0 saturated heterocycles. The van der Waals surface area contributed by atoms with Crippen LogP contribution in [0.5, 0.6) is 0 Å². The molecule has 102 valence electrons. The smallest absolute Gasteiger partial charge is 0.269 e. The Kier molecular flexibility index (Phi) is 5.44. The van der Waals surface area contributed by atoms with Crippen molar-refractivity contribution in [1.82, 2.24) is 16.2 Å². The molecule has 19 heavy (non-hydrogen) atoms. The van der Waals surface area contributed by atoms with Crippen LogP contribution in [0.2, 0.25) is 0 Å². The number of amides is 2. The number of hydrogen-bond donors (Lipinski definition) is 3. The summed E-state index contributed by atoms with van der Waals surface area (Å²) >= 11 is 4.89. The van der Waals surface area contributed by atoms with Crippen molar-refractivity contribution in [3.8, 4) is 0 Å². The number of aryl methyl sites for hydroxylation is 1. The van der Waals surface area contributed by atoms with E-state index in [2.05, 4.69) is 16.2 Å². The van der Waals surface area contributed by atoms with Gasteiger partial charge in [-0.15, -0.1) is 0 Å². The van der Waals surface area contributed by atoms with Crippen LogP contribution < -0.4 is 16.2 Å². The molecule has 1 aromatic rings. The third kappa shape index (κ3) is 4.67. The summed E-state index contributed by atoms with van der Waals surface area (Å²) in [7, 11) is 0. The van der Waals surface area contributed by atoms with Crippen LogP contribution in [-0.2, 0) is 4.79 Å². The molecule has 0 aromatic heterocycles. The van der Waals surface area contributed by atoms with E-state index < -0.39 is 0 Å². The van der Waals surface area contributed by atoms with Gasteiger partial charge in [0.1, 0.15) is 0 Å². The minimum absolute atomic E-state index is 0.0700. The first-order valence-corrected chi connectivity index (χ1v) is 6.29. The second-order valence-electron chi connectivity index (χ2n) is 4.37. The van der Waals surface area contributed by atoms with E-state index in [9.17, 15) is 9.59 Å². The Hall–Kier alpha value is -1.95. The van der Waals surface area contributed by atoms with Crippen LogP contribution >= 0.6 is 12.2 Å². The molecule has 1 aromatic carbocycles. The van der Waals surface area contributed by atoms with Crippen molar-refractivity contribution in [1.29, 1.82) is 0 Å². The Labute approximate surface area is 117 Å². The van der Waals surface area contributed by atoms with E-state index in [1.165, 1.54) is 0 Å². The van der Waals surface area contributed by atoms with Gasteiger partial charge in [0.2, 0.25) is 5.91 Å². The SMILES string of the molecule is Cc1ccccc1C(=O)NNC(=S)NC(=O)C(C)C. The summed E-state index contributed by atoms with van der Waals surface area (Å²) in [6, 6.07) is 7.18. The molecule has 0 unspecified atom stereocenters. The van der Waals surface area contributed by atoms with E-state index in [-0.39, 0.29) is 22.8 Å². The fourth-order valence-corrected chi connectivity index (χ4v) is 1.45. The standard InChI is InChI=1S/C13H17N3O2S/c1-8(2)11(17)14-13(19)16-15-12(18)10-7-5-4-6-9(10)3/h4-8H,1-3H3,(H,15,18)(H2,14,16,17,19). The van der Waals surface area contributed by atoms with Crippen LogP contribution in [0.25, 0.3) is 0 Å². The average Bonchev–Trinajstić information content (AvgIpc) is 2.36. The molecule has 0 radical (unpaired) electrons. The molecule has 0 saturated carbocycles. The largest absolute Gasteiger partial charge is 0.302 e. The van der Waals surface area contributed by atoms with Gasteiger partial charge in [0.05, 0.1) is 0 Å². The van der Waals surface area contributed by atoms with Gasteiger partial charge in [-0.1, -0.05) is 32.0 Å². The van der Waals surface area contributed by atoms with Gasteiger partial charge in [0.25, 0.3) is 5.91 Å². The van der Waals surface area contributed by atoms with E-state index >= 15 is 0 Å². The summed E-state index contributed by atoms with van der Waals surface area (Å²) in [6.45, 7) is 5.35. The lowest BCUT2D eigenvalue weighted by Crippen LogP contribution is -2.49. The molecule has 6 heteroatoms. The average molecular weight is 279 g/mol.